The number of alkyl carbamates (subject to hydrolysis) is 1. The number of carbonyl (C=O) groups is 5. The van der Waals surface area contributed by atoms with Gasteiger partial charge in [0, 0.05) is 51.6 Å². The monoisotopic (exact) mass is 757 g/mol. The molecule has 1 aromatic rings. The summed E-state index contributed by atoms with van der Waals surface area (Å²) < 4.78 is 41.2. The minimum Gasteiger partial charge on any atom is -0.444 e. The average molecular weight is 758 g/mol. The van der Waals surface area contributed by atoms with Crippen LogP contribution in [-0.4, -0.2) is 114 Å². The highest BCUT2D eigenvalue weighted by Gasteiger charge is 2.62. The van der Waals surface area contributed by atoms with E-state index in [1.54, 1.807) is 25.7 Å². The number of nitrogens with one attached hydrogen (secondary N) is 4. The Morgan fingerprint density at radius 3 is 2.38 bits per heavy atom. The van der Waals surface area contributed by atoms with Gasteiger partial charge in [-0.25, -0.2) is 14.3 Å². The molecule has 1 aromatic carbocycles. The Balaban J connectivity index is 1.25. The van der Waals surface area contributed by atoms with Crippen LogP contribution in [0.15, 0.2) is 36.4 Å². The smallest absolute Gasteiger partial charge is 0.410 e. The number of nitrogens with zero attached hydrogens (tertiary/aromatic N) is 3. The van der Waals surface area contributed by atoms with E-state index in [9.17, 15) is 32.4 Å². The first-order chi connectivity index (χ1) is 25.1. The average Bonchev–Trinajstić information content (AvgIpc) is 3.40. The first-order valence-corrected chi connectivity index (χ1v) is 19.9. The lowest BCUT2D eigenvalue weighted by Gasteiger charge is -2.31. The molecule has 3 fully saturated rings. The lowest BCUT2D eigenvalue weighted by atomic mass is 10.0. The second-order valence-corrected chi connectivity index (χ2v) is 17.2. The summed E-state index contributed by atoms with van der Waals surface area (Å²) in [6.45, 7) is 6.98. The number of piperazine rings is 1. The Morgan fingerprint density at radius 2 is 1.70 bits per heavy atom. The molecule has 5 aliphatic rings. The number of benzene rings is 1. The number of hydrogen-bond acceptors (Lipinski definition) is 10. The van der Waals surface area contributed by atoms with Crippen molar-refractivity contribution in [3.05, 3.63) is 47.5 Å². The van der Waals surface area contributed by atoms with E-state index in [4.69, 9.17) is 9.47 Å². The molecule has 53 heavy (non-hydrogen) atoms. The van der Waals surface area contributed by atoms with Crippen molar-refractivity contribution in [2.75, 3.05) is 32.7 Å². The molecular formula is C36H51N7O9S. The standard InChI is InChI=1S/C36H51N7O9S/c1-35(2,3)52-33(47)38-28-14-8-6-4-5-7-13-26-20-36(26,32(46)40-53(49,50)42-17-15-37-16-18-42)39-30(44)29-19-27(23-43(29)31(28)45)51-34(48)41-21-24-11-9-10-12-25(24)22-41/h7,9-13,26-29,37H,4-6,8,14-23H2,1-3H3,(H,38,47)(H,39,44)(H,40,46)/t26-,27-,28-,29+,36-/m1/s1. The third kappa shape index (κ3) is 9.12. The van der Waals surface area contributed by atoms with Gasteiger partial charge in [0.25, 0.3) is 5.91 Å². The van der Waals surface area contributed by atoms with Crippen molar-refractivity contribution in [2.45, 2.75) is 108 Å². The maximum Gasteiger partial charge on any atom is 0.410 e. The fourth-order valence-corrected chi connectivity index (χ4v) is 8.66. The predicted molar refractivity (Wildman–Crippen MR) is 192 cm³/mol. The minimum atomic E-state index is -4.20. The highest BCUT2D eigenvalue weighted by Crippen LogP contribution is 2.46. The van der Waals surface area contributed by atoms with Crippen LogP contribution in [0, 0.1) is 5.92 Å². The van der Waals surface area contributed by atoms with Crippen molar-refractivity contribution in [1.82, 2.24) is 34.8 Å². The summed E-state index contributed by atoms with van der Waals surface area (Å²) in [5.41, 5.74) is -0.388. The van der Waals surface area contributed by atoms with Crippen LogP contribution < -0.4 is 20.7 Å². The molecule has 16 nitrogen and oxygen atoms in total. The second-order valence-electron chi connectivity index (χ2n) is 15.5. The van der Waals surface area contributed by atoms with E-state index in [1.807, 2.05) is 36.4 Å². The summed E-state index contributed by atoms with van der Waals surface area (Å²) in [7, 11) is -4.20. The number of rotatable bonds is 5. The molecule has 5 amide bonds. The van der Waals surface area contributed by atoms with Crippen molar-refractivity contribution in [1.29, 1.82) is 0 Å². The summed E-state index contributed by atoms with van der Waals surface area (Å²) in [5, 5.41) is 8.61. The maximum absolute atomic E-state index is 14.4. The second kappa shape index (κ2) is 15.6. The highest BCUT2D eigenvalue weighted by molar-refractivity contribution is 7.87. The zero-order valence-electron chi connectivity index (χ0n) is 30.6. The predicted octanol–water partition coefficient (Wildman–Crippen LogP) is 1.66. The third-order valence-electron chi connectivity index (χ3n) is 10.3. The summed E-state index contributed by atoms with van der Waals surface area (Å²) in [4.78, 5) is 71.7. The van der Waals surface area contributed by atoms with E-state index in [0.29, 0.717) is 39.0 Å². The van der Waals surface area contributed by atoms with Gasteiger partial charge in [-0.15, -0.1) is 0 Å². The first kappa shape index (κ1) is 38.5. The Kier molecular flexibility index (Phi) is 11.4. The molecular weight excluding hydrogens is 707 g/mol. The van der Waals surface area contributed by atoms with Crippen molar-refractivity contribution in [3.8, 4) is 0 Å². The van der Waals surface area contributed by atoms with E-state index in [0.717, 1.165) is 24.0 Å². The Labute approximate surface area is 310 Å². The molecule has 4 heterocycles. The zero-order valence-corrected chi connectivity index (χ0v) is 31.4. The molecule has 17 heteroatoms. The molecule has 4 aliphatic heterocycles. The molecule has 2 saturated heterocycles. The number of ether oxygens (including phenoxy) is 2. The van der Waals surface area contributed by atoms with Crippen LogP contribution in [0.25, 0.3) is 0 Å². The largest absolute Gasteiger partial charge is 0.444 e. The van der Waals surface area contributed by atoms with Gasteiger partial charge < -0.3 is 30.3 Å². The Bertz CT molecular complexity index is 1700. The molecule has 5 atom stereocenters. The van der Waals surface area contributed by atoms with Gasteiger partial charge in [-0.2, -0.15) is 12.7 Å². The zero-order chi connectivity index (χ0) is 38.0. The lowest BCUT2D eigenvalue weighted by molar-refractivity contribution is -0.141. The van der Waals surface area contributed by atoms with E-state index in [-0.39, 0.29) is 38.9 Å². The number of fused-ring (bicyclic) bond motifs is 3. The van der Waals surface area contributed by atoms with Crippen LogP contribution >= 0.6 is 0 Å². The summed E-state index contributed by atoms with van der Waals surface area (Å²) >= 11 is 0. The van der Waals surface area contributed by atoms with Crippen molar-refractivity contribution < 1.29 is 41.9 Å². The van der Waals surface area contributed by atoms with Gasteiger partial charge in [0.05, 0.1) is 6.54 Å². The molecule has 290 valence electrons. The molecule has 0 radical (unpaired) electrons. The number of amides is 5. The van der Waals surface area contributed by atoms with Gasteiger partial charge in [-0.3, -0.25) is 19.3 Å². The Morgan fingerprint density at radius 1 is 1.00 bits per heavy atom. The molecule has 1 aliphatic carbocycles. The van der Waals surface area contributed by atoms with E-state index < -0.39 is 75.4 Å². The SMILES string of the molecule is CC(C)(C)OC(=O)N[C@@H]1CCCCCC=C[C@@H]2C[C@@]2(C(=O)NS(=O)(=O)N2CCNCC2)NC(=O)[C@@H]2C[C@@H](OC(=O)N3Cc4ccccc4C3)CN2C1=O. The minimum absolute atomic E-state index is 0.0689. The van der Waals surface area contributed by atoms with Crippen molar-refractivity contribution in [3.63, 3.8) is 0 Å². The van der Waals surface area contributed by atoms with E-state index in [1.165, 1.54) is 9.21 Å². The highest BCUT2D eigenvalue weighted by atomic mass is 32.2. The molecule has 0 aromatic heterocycles. The van der Waals surface area contributed by atoms with Gasteiger partial charge >= 0.3 is 22.4 Å². The van der Waals surface area contributed by atoms with Crippen molar-refractivity contribution >= 4 is 40.1 Å². The van der Waals surface area contributed by atoms with Gasteiger partial charge in [0.15, 0.2) is 0 Å². The quantitative estimate of drug-likeness (QED) is 0.321. The van der Waals surface area contributed by atoms with E-state index in [2.05, 4.69) is 20.7 Å². The molecule has 4 N–H and O–H groups in total. The molecule has 1 saturated carbocycles. The molecule has 6 rings (SSSR count). The summed E-state index contributed by atoms with van der Waals surface area (Å²) in [6, 6.07) is 5.45. The normalized spacial score (nSPS) is 28.4. The van der Waals surface area contributed by atoms with Crippen LogP contribution in [0.1, 0.15) is 76.8 Å². The third-order valence-corrected chi connectivity index (χ3v) is 11.8. The van der Waals surface area contributed by atoms with Crippen LogP contribution in [0.4, 0.5) is 9.59 Å². The van der Waals surface area contributed by atoms with Crippen LogP contribution in [0.2, 0.25) is 0 Å². The number of allylic oxidation sites excluding steroid dienone is 1. The lowest BCUT2D eigenvalue weighted by Crippen LogP contribution is -2.60. The van der Waals surface area contributed by atoms with Gasteiger partial charge in [0.1, 0.15) is 29.3 Å². The fraction of sp³-hybridized carbons (Fsp3) is 0.639. The van der Waals surface area contributed by atoms with Crippen molar-refractivity contribution in [2.24, 2.45) is 5.92 Å². The van der Waals surface area contributed by atoms with Crippen LogP contribution in [-0.2, 0) is 47.2 Å². The molecule has 0 unspecified atom stereocenters. The van der Waals surface area contributed by atoms with Gasteiger partial charge in [-0.1, -0.05) is 49.3 Å². The maximum atomic E-state index is 14.4. The molecule has 0 bridgehead atoms. The van der Waals surface area contributed by atoms with Crippen LogP contribution in [0.5, 0.6) is 0 Å². The topological polar surface area (TPSA) is 196 Å². The van der Waals surface area contributed by atoms with Crippen LogP contribution in [0.3, 0.4) is 0 Å². The van der Waals surface area contributed by atoms with E-state index >= 15 is 0 Å². The number of carbonyl (C=O) groups excluding carboxylic acids is 5. The fourth-order valence-electron chi connectivity index (χ4n) is 7.45. The number of hydrogen-bond donors (Lipinski definition) is 4. The molecule has 0 spiro atoms. The Hall–Kier alpha value is -4.22. The summed E-state index contributed by atoms with van der Waals surface area (Å²) in [6.07, 6.45) is 4.65. The summed E-state index contributed by atoms with van der Waals surface area (Å²) in [5.74, 6) is -2.59. The van der Waals surface area contributed by atoms with Gasteiger partial charge in [0.2, 0.25) is 11.8 Å². The van der Waals surface area contributed by atoms with Gasteiger partial charge in [-0.05, 0) is 57.6 Å². The first-order valence-electron chi connectivity index (χ1n) is 18.5.